The van der Waals surface area contributed by atoms with Crippen molar-refractivity contribution in [2.24, 2.45) is 0 Å². The van der Waals surface area contributed by atoms with Gasteiger partial charge in [-0.15, -0.1) is 0 Å². The molecule has 0 spiro atoms. The number of hydrogen-bond acceptors (Lipinski definition) is 3. The molecule has 1 heterocycles. The van der Waals surface area contributed by atoms with Crippen LogP contribution < -0.4 is 0 Å². The van der Waals surface area contributed by atoms with E-state index in [-0.39, 0.29) is 17.2 Å². The molecule has 1 aliphatic heterocycles. The van der Waals surface area contributed by atoms with Gasteiger partial charge in [-0.25, -0.2) is 4.79 Å². The van der Waals surface area contributed by atoms with Gasteiger partial charge in [0.25, 0.3) is 0 Å². The summed E-state index contributed by atoms with van der Waals surface area (Å²) in [6.45, 7) is 10.6. The summed E-state index contributed by atoms with van der Waals surface area (Å²) in [6, 6.07) is 14.0. The van der Waals surface area contributed by atoms with E-state index < -0.39 is 0 Å². The van der Waals surface area contributed by atoms with Crippen LogP contribution in [0.1, 0.15) is 56.1 Å². The van der Waals surface area contributed by atoms with E-state index in [1.54, 1.807) is 0 Å². The Labute approximate surface area is 143 Å². The molecule has 0 saturated carbocycles. The molecule has 0 radical (unpaired) electrons. The zero-order chi connectivity index (χ0) is 17.5. The molecular weight excluding hydrogens is 300 g/mol. The standard InChI is InChI=1S/C21H24O3/c1-6-23-19(22)15-9-7-14(8-10-15)16-11-12-17-18(13-16)21(4,5)24-20(17,2)3/h7-13H,6H2,1-5H3. The first-order valence-corrected chi connectivity index (χ1v) is 8.37. The lowest BCUT2D eigenvalue weighted by Crippen LogP contribution is -2.22. The molecule has 0 saturated heterocycles. The van der Waals surface area contributed by atoms with E-state index in [0.29, 0.717) is 12.2 Å². The number of esters is 1. The zero-order valence-corrected chi connectivity index (χ0v) is 15.0. The van der Waals surface area contributed by atoms with Crippen molar-refractivity contribution in [2.75, 3.05) is 6.61 Å². The van der Waals surface area contributed by atoms with Gasteiger partial charge in [0.05, 0.1) is 23.4 Å². The van der Waals surface area contributed by atoms with Gasteiger partial charge in [0.2, 0.25) is 0 Å². The van der Waals surface area contributed by atoms with Crippen molar-refractivity contribution in [3.05, 3.63) is 59.2 Å². The average molecular weight is 324 g/mol. The van der Waals surface area contributed by atoms with Gasteiger partial charge in [-0.3, -0.25) is 0 Å². The van der Waals surface area contributed by atoms with E-state index in [1.807, 2.05) is 31.2 Å². The highest BCUT2D eigenvalue weighted by Crippen LogP contribution is 2.47. The maximum Gasteiger partial charge on any atom is 0.338 e. The van der Waals surface area contributed by atoms with Crippen molar-refractivity contribution in [1.82, 2.24) is 0 Å². The molecule has 2 aromatic carbocycles. The largest absolute Gasteiger partial charge is 0.462 e. The third-order valence-electron chi connectivity index (χ3n) is 4.56. The molecule has 0 N–H and O–H groups in total. The fourth-order valence-electron chi connectivity index (χ4n) is 3.51. The Bertz CT molecular complexity index is 770. The summed E-state index contributed by atoms with van der Waals surface area (Å²) < 4.78 is 11.2. The van der Waals surface area contributed by atoms with Gasteiger partial charge in [-0.05, 0) is 75.1 Å². The van der Waals surface area contributed by atoms with Crippen LogP contribution in [0.15, 0.2) is 42.5 Å². The molecule has 0 aliphatic carbocycles. The van der Waals surface area contributed by atoms with Crippen LogP contribution in [0.2, 0.25) is 0 Å². The molecule has 3 heteroatoms. The Morgan fingerprint density at radius 2 is 1.50 bits per heavy atom. The summed E-state index contributed by atoms with van der Waals surface area (Å²) in [5, 5.41) is 0. The van der Waals surface area contributed by atoms with Crippen LogP contribution in [0.25, 0.3) is 11.1 Å². The second-order valence-electron chi connectivity index (χ2n) is 7.18. The highest BCUT2D eigenvalue weighted by atomic mass is 16.5. The molecule has 0 amide bonds. The predicted molar refractivity (Wildman–Crippen MR) is 95.0 cm³/mol. The first-order valence-electron chi connectivity index (χ1n) is 8.37. The minimum atomic E-state index is -0.306. The normalized spacial score (nSPS) is 17.4. The van der Waals surface area contributed by atoms with Gasteiger partial charge < -0.3 is 9.47 Å². The maximum absolute atomic E-state index is 11.8. The molecule has 3 rings (SSSR count). The third kappa shape index (κ3) is 2.84. The van der Waals surface area contributed by atoms with Crippen LogP contribution in [0.4, 0.5) is 0 Å². The molecule has 0 bridgehead atoms. The summed E-state index contributed by atoms with van der Waals surface area (Å²) in [5.41, 5.74) is 4.65. The average Bonchev–Trinajstić information content (AvgIpc) is 2.72. The molecule has 126 valence electrons. The minimum absolute atomic E-state index is 0.273. The van der Waals surface area contributed by atoms with Crippen molar-refractivity contribution in [2.45, 2.75) is 45.8 Å². The zero-order valence-electron chi connectivity index (χ0n) is 15.0. The molecule has 0 fully saturated rings. The summed E-state index contributed by atoms with van der Waals surface area (Å²) in [4.78, 5) is 11.8. The molecule has 0 unspecified atom stereocenters. The number of carbonyl (C=O) groups is 1. The lowest BCUT2D eigenvalue weighted by molar-refractivity contribution is -0.105. The topological polar surface area (TPSA) is 35.5 Å². The van der Waals surface area contributed by atoms with Gasteiger partial charge >= 0.3 is 5.97 Å². The number of carbonyl (C=O) groups excluding carboxylic acids is 1. The van der Waals surface area contributed by atoms with Gasteiger partial charge in [0, 0.05) is 0 Å². The fraction of sp³-hybridized carbons (Fsp3) is 0.381. The predicted octanol–water partition coefficient (Wildman–Crippen LogP) is 5.03. The van der Waals surface area contributed by atoms with Crippen LogP contribution in [0.3, 0.4) is 0 Å². The Morgan fingerprint density at radius 1 is 0.917 bits per heavy atom. The summed E-state index contributed by atoms with van der Waals surface area (Å²) >= 11 is 0. The molecule has 3 nitrogen and oxygen atoms in total. The monoisotopic (exact) mass is 324 g/mol. The summed E-state index contributed by atoms with van der Waals surface area (Å²) in [5.74, 6) is -0.283. The van der Waals surface area contributed by atoms with Crippen LogP contribution in [-0.2, 0) is 20.7 Å². The van der Waals surface area contributed by atoms with Crippen LogP contribution in [0, 0.1) is 0 Å². The van der Waals surface area contributed by atoms with E-state index in [4.69, 9.17) is 9.47 Å². The number of ether oxygens (including phenoxy) is 2. The van der Waals surface area contributed by atoms with E-state index in [1.165, 1.54) is 11.1 Å². The number of rotatable bonds is 3. The molecule has 0 aromatic heterocycles. The molecule has 1 aliphatic rings. The Hall–Kier alpha value is -2.13. The molecular formula is C21H24O3. The first kappa shape index (κ1) is 16.7. The van der Waals surface area contributed by atoms with Crippen molar-refractivity contribution in [3.8, 4) is 11.1 Å². The Kier molecular flexibility index (Phi) is 4.00. The fourth-order valence-corrected chi connectivity index (χ4v) is 3.51. The Balaban J connectivity index is 1.96. The molecule has 0 atom stereocenters. The third-order valence-corrected chi connectivity index (χ3v) is 4.56. The van der Waals surface area contributed by atoms with Crippen molar-refractivity contribution in [3.63, 3.8) is 0 Å². The second-order valence-corrected chi connectivity index (χ2v) is 7.18. The van der Waals surface area contributed by atoms with Crippen molar-refractivity contribution in [1.29, 1.82) is 0 Å². The van der Waals surface area contributed by atoms with Gasteiger partial charge in [-0.1, -0.05) is 24.3 Å². The first-order chi connectivity index (χ1) is 11.2. The summed E-state index contributed by atoms with van der Waals surface area (Å²) in [7, 11) is 0. The maximum atomic E-state index is 11.8. The smallest absolute Gasteiger partial charge is 0.338 e. The van der Waals surface area contributed by atoms with Gasteiger partial charge in [0.1, 0.15) is 0 Å². The SMILES string of the molecule is CCOC(=O)c1ccc(-c2ccc3c(c2)C(C)(C)OC3(C)C)cc1. The lowest BCUT2D eigenvalue weighted by atomic mass is 9.88. The van der Waals surface area contributed by atoms with E-state index in [9.17, 15) is 4.79 Å². The highest BCUT2D eigenvalue weighted by molar-refractivity contribution is 5.90. The second kappa shape index (κ2) is 5.75. The lowest BCUT2D eigenvalue weighted by Gasteiger charge is -2.24. The number of fused-ring (bicyclic) bond motifs is 1. The minimum Gasteiger partial charge on any atom is -0.462 e. The van der Waals surface area contributed by atoms with Gasteiger partial charge in [0.15, 0.2) is 0 Å². The number of benzene rings is 2. The van der Waals surface area contributed by atoms with Crippen LogP contribution in [0.5, 0.6) is 0 Å². The van der Waals surface area contributed by atoms with Gasteiger partial charge in [-0.2, -0.15) is 0 Å². The van der Waals surface area contributed by atoms with E-state index in [2.05, 4.69) is 45.9 Å². The van der Waals surface area contributed by atoms with E-state index in [0.717, 1.165) is 11.1 Å². The van der Waals surface area contributed by atoms with Crippen molar-refractivity contribution < 1.29 is 14.3 Å². The molecule has 2 aromatic rings. The number of hydrogen-bond donors (Lipinski definition) is 0. The Morgan fingerprint density at radius 3 is 2.12 bits per heavy atom. The molecule has 24 heavy (non-hydrogen) atoms. The summed E-state index contributed by atoms with van der Waals surface area (Å²) in [6.07, 6.45) is 0. The van der Waals surface area contributed by atoms with E-state index >= 15 is 0 Å². The van der Waals surface area contributed by atoms with Crippen LogP contribution in [-0.4, -0.2) is 12.6 Å². The highest BCUT2D eigenvalue weighted by Gasteiger charge is 2.42. The quantitative estimate of drug-likeness (QED) is 0.743. The van der Waals surface area contributed by atoms with Crippen molar-refractivity contribution >= 4 is 5.97 Å². The van der Waals surface area contributed by atoms with Crippen LogP contribution >= 0.6 is 0 Å².